The van der Waals surface area contributed by atoms with Crippen LogP contribution in [0.15, 0.2) is 48.5 Å². The Morgan fingerprint density at radius 1 is 1.06 bits per heavy atom. The summed E-state index contributed by atoms with van der Waals surface area (Å²) in [5.41, 5.74) is 7.02. The molecule has 3 aromatic rings. The minimum absolute atomic E-state index is 0.141. The fourth-order valence-electron chi connectivity index (χ4n) is 2.53. The number of carbonyl (C=O) groups excluding carboxylic acids is 3. The Balaban J connectivity index is 1.58. The fraction of sp³-hybridized carbons (Fsp3) is 0.190. The van der Waals surface area contributed by atoms with Crippen LogP contribution < -0.4 is 15.8 Å². The van der Waals surface area contributed by atoms with Crippen LogP contribution >= 0.6 is 11.3 Å². The van der Waals surface area contributed by atoms with E-state index in [-0.39, 0.29) is 29.5 Å². The average Bonchev–Trinajstić information content (AvgIpc) is 3.26. The smallest absolute Gasteiger partial charge is 0.342 e. The summed E-state index contributed by atoms with van der Waals surface area (Å²) in [5.74, 6) is -1.55. The van der Waals surface area contributed by atoms with Gasteiger partial charge in [-0.25, -0.2) is 4.79 Å². The number of rotatable bonds is 9. The number of hydrogen-bond acceptors (Lipinski definition) is 8. The molecule has 31 heavy (non-hydrogen) atoms. The number of aryl methyl sites for hydroxylation is 1. The number of ether oxygens (including phenoxy) is 2. The van der Waals surface area contributed by atoms with Crippen molar-refractivity contribution in [3.8, 4) is 5.75 Å². The van der Waals surface area contributed by atoms with Gasteiger partial charge in [-0.3, -0.25) is 9.59 Å². The summed E-state index contributed by atoms with van der Waals surface area (Å²) in [6.45, 7) is 1.52. The normalized spacial score (nSPS) is 10.4. The number of para-hydroxylation sites is 1. The zero-order chi connectivity index (χ0) is 22.2. The van der Waals surface area contributed by atoms with Crippen LogP contribution in [-0.2, 0) is 22.6 Å². The van der Waals surface area contributed by atoms with Crippen LogP contribution in [0, 0.1) is 0 Å². The van der Waals surface area contributed by atoms with E-state index in [2.05, 4.69) is 22.4 Å². The Labute approximate surface area is 182 Å². The van der Waals surface area contributed by atoms with Crippen LogP contribution in [0.1, 0.15) is 37.7 Å². The Kier molecular flexibility index (Phi) is 7.28. The second-order valence-corrected chi connectivity index (χ2v) is 7.39. The van der Waals surface area contributed by atoms with E-state index in [4.69, 9.17) is 15.2 Å². The highest BCUT2D eigenvalue weighted by molar-refractivity contribution is 7.13. The molecule has 0 radical (unpaired) electrons. The molecule has 0 saturated carbocycles. The van der Waals surface area contributed by atoms with Gasteiger partial charge in [0.1, 0.15) is 17.9 Å². The van der Waals surface area contributed by atoms with Crippen molar-refractivity contribution in [1.82, 2.24) is 10.2 Å². The lowest BCUT2D eigenvalue weighted by atomic mass is 10.1. The van der Waals surface area contributed by atoms with Gasteiger partial charge >= 0.3 is 5.97 Å². The van der Waals surface area contributed by atoms with E-state index in [0.717, 1.165) is 17.8 Å². The first kappa shape index (κ1) is 21.9. The number of nitrogens with zero attached hydrogens (tertiary/aromatic N) is 2. The summed E-state index contributed by atoms with van der Waals surface area (Å²) in [7, 11) is 0. The van der Waals surface area contributed by atoms with Crippen molar-refractivity contribution >= 4 is 34.8 Å². The zero-order valence-electron chi connectivity index (χ0n) is 16.7. The van der Waals surface area contributed by atoms with E-state index in [1.807, 2.05) is 24.3 Å². The molecule has 0 aliphatic carbocycles. The molecule has 0 aliphatic heterocycles. The number of hydrogen-bond donors (Lipinski definition) is 2. The van der Waals surface area contributed by atoms with E-state index in [1.54, 1.807) is 12.1 Å². The van der Waals surface area contributed by atoms with E-state index >= 15 is 0 Å². The number of aromatic nitrogens is 2. The third-order valence-electron chi connectivity index (χ3n) is 4.08. The molecule has 9 nitrogen and oxygen atoms in total. The summed E-state index contributed by atoms with van der Waals surface area (Å²) < 4.78 is 10.5. The Morgan fingerprint density at radius 2 is 1.81 bits per heavy atom. The number of nitrogens with one attached hydrogen (secondary N) is 1. The molecule has 0 bridgehead atoms. The Morgan fingerprint density at radius 3 is 2.52 bits per heavy atom. The lowest BCUT2D eigenvalue weighted by Crippen LogP contribution is -2.21. The minimum atomic E-state index is -0.669. The number of anilines is 1. The number of nitrogens with two attached hydrogens (primary N) is 1. The fourth-order valence-corrected chi connectivity index (χ4v) is 3.18. The maximum Gasteiger partial charge on any atom is 0.342 e. The molecule has 1 aromatic heterocycles. The molecule has 160 valence electrons. The standard InChI is InChI=1S/C21H20N4O5S/c1-2-13-7-9-14(10-8-13)23-19(27)20-25-24-18(31-20)12-30-21(28)15-5-3-4-6-16(15)29-11-17(22)26/h3-10H,2,11-12H2,1H3,(H2,22,26)(H,23,27). The molecule has 3 N–H and O–H groups in total. The van der Waals surface area contributed by atoms with Gasteiger partial charge in [-0.05, 0) is 36.2 Å². The minimum Gasteiger partial charge on any atom is -0.483 e. The molecule has 0 saturated heterocycles. The van der Waals surface area contributed by atoms with Crippen LogP contribution in [-0.4, -0.2) is 34.6 Å². The van der Waals surface area contributed by atoms with Crippen LogP contribution in [0.2, 0.25) is 0 Å². The monoisotopic (exact) mass is 440 g/mol. The highest BCUT2D eigenvalue weighted by Crippen LogP contribution is 2.20. The van der Waals surface area contributed by atoms with E-state index in [9.17, 15) is 14.4 Å². The van der Waals surface area contributed by atoms with E-state index in [1.165, 1.54) is 17.7 Å². The van der Waals surface area contributed by atoms with Crippen molar-refractivity contribution in [3.63, 3.8) is 0 Å². The number of primary amides is 1. The first-order valence-electron chi connectivity index (χ1n) is 9.36. The predicted molar refractivity (Wildman–Crippen MR) is 114 cm³/mol. The molecule has 3 rings (SSSR count). The summed E-state index contributed by atoms with van der Waals surface area (Å²) in [4.78, 5) is 35.6. The van der Waals surface area contributed by atoms with Crippen LogP contribution in [0.25, 0.3) is 0 Å². The number of benzene rings is 2. The summed E-state index contributed by atoms with van der Waals surface area (Å²) >= 11 is 1.02. The molecule has 1 heterocycles. The maximum atomic E-state index is 12.4. The van der Waals surface area contributed by atoms with Crippen molar-refractivity contribution < 1.29 is 23.9 Å². The van der Waals surface area contributed by atoms with Crippen molar-refractivity contribution in [3.05, 3.63) is 69.7 Å². The van der Waals surface area contributed by atoms with Gasteiger partial charge in [0, 0.05) is 5.69 Å². The highest BCUT2D eigenvalue weighted by atomic mass is 32.1. The second-order valence-electron chi connectivity index (χ2n) is 6.33. The van der Waals surface area contributed by atoms with E-state index < -0.39 is 17.8 Å². The van der Waals surface area contributed by atoms with Crippen molar-refractivity contribution in [2.45, 2.75) is 20.0 Å². The molecule has 2 amide bonds. The number of amides is 2. The number of esters is 1. The molecular weight excluding hydrogens is 420 g/mol. The SMILES string of the molecule is CCc1ccc(NC(=O)c2nnc(COC(=O)c3ccccc3OCC(N)=O)s2)cc1. The molecule has 0 atom stereocenters. The third-order valence-corrected chi connectivity index (χ3v) is 4.98. The van der Waals surface area contributed by atoms with Gasteiger partial charge in [0.2, 0.25) is 5.01 Å². The Hall–Kier alpha value is -3.79. The van der Waals surface area contributed by atoms with E-state index in [0.29, 0.717) is 10.7 Å². The average molecular weight is 440 g/mol. The molecule has 0 unspecified atom stereocenters. The van der Waals surface area contributed by atoms with Gasteiger partial charge in [0.25, 0.3) is 11.8 Å². The first-order valence-corrected chi connectivity index (χ1v) is 10.2. The van der Waals surface area contributed by atoms with Crippen LogP contribution in [0.5, 0.6) is 5.75 Å². The lowest BCUT2D eigenvalue weighted by molar-refractivity contribution is -0.119. The van der Waals surface area contributed by atoms with Crippen LogP contribution in [0.4, 0.5) is 5.69 Å². The quantitative estimate of drug-likeness (QED) is 0.489. The van der Waals surface area contributed by atoms with Crippen molar-refractivity contribution in [1.29, 1.82) is 0 Å². The van der Waals surface area contributed by atoms with Crippen molar-refractivity contribution in [2.24, 2.45) is 5.73 Å². The second kappa shape index (κ2) is 10.3. The molecule has 10 heteroatoms. The maximum absolute atomic E-state index is 12.4. The molecular formula is C21H20N4O5S. The summed E-state index contributed by atoms with van der Waals surface area (Å²) in [6.07, 6.45) is 0.911. The van der Waals surface area contributed by atoms with Gasteiger partial charge in [0.05, 0.1) is 0 Å². The molecule has 0 spiro atoms. The van der Waals surface area contributed by atoms with Gasteiger partial charge in [-0.15, -0.1) is 10.2 Å². The number of carbonyl (C=O) groups is 3. The largest absolute Gasteiger partial charge is 0.483 e. The predicted octanol–water partition coefficient (Wildman–Crippen LogP) is 2.57. The third kappa shape index (κ3) is 6.09. The van der Waals surface area contributed by atoms with Gasteiger partial charge < -0.3 is 20.5 Å². The molecule has 2 aromatic carbocycles. The molecule has 0 aliphatic rings. The Bertz CT molecular complexity index is 1080. The van der Waals surface area contributed by atoms with Gasteiger partial charge in [0.15, 0.2) is 11.6 Å². The summed E-state index contributed by atoms with van der Waals surface area (Å²) in [6, 6.07) is 13.8. The molecule has 0 fully saturated rings. The highest BCUT2D eigenvalue weighted by Gasteiger charge is 2.17. The van der Waals surface area contributed by atoms with Crippen LogP contribution in [0.3, 0.4) is 0 Å². The van der Waals surface area contributed by atoms with Gasteiger partial charge in [-0.2, -0.15) is 0 Å². The zero-order valence-corrected chi connectivity index (χ0v) is 17.5. The topological polar surface area (TPSA) is 134 Å². The van der Waals surface area contributed by atoms with Crippen molar-refractivity contribution in [2.75, 3.05) is 11.9 Å². The lowest BCUT2D eigenvalue weighted by Gasteiger charge is -2.09. The summed E-state index contributed by atoms with van der Waals surface area (Å²) in [5, 5.41) is 11.0. The first-order chi connectivity index (χ1) is 15.0. The van der Waals surface area contributed by atoms with Gasteiger partial charge in [-0.1, -0.05) is 42.5 Å².